The highest BCUT2D eigenvalue weighted by molar-refractivity contribution is 5.91. The van der Waals surface area contributed by atoms with Crippen LogP contribution < -0.4 is 5.32 Å². The summed E-state index contributed by atoms with van der Waals surface area (Å²) in [5.41, 5.74) is 0. The number of fused-ring (bicyclic) bond motifs is 1. The Bertz CT molecular complexity index is 564. The predicted octanol–water partition coefficient (Wildman–Crippen LogP) is 3.45. The highest BCUT2D eigenvalue weighted by Crippen LogP contribution is 2.30. The van der Waals surface area contributed by atoms with E-state index in [4.69, 9.17) is 0 Å². The summed E-state index contributed by atoms with van der Waals surface area (Å²) in [7, 11) is 0. The van der Waals surface area contributed by atoms with Gasteiger partial charge in [-0.25, -0.2) is 4.98 Å². The number of aliphatic hydroxyl groups excluding tert-OH is 1. The Morgan fingerprint density at radius 2 is 1.90 bits per heavy atom. The average Bonchev–Trinajstić information content (AvgIpc) is 2.53. The van der Waals surface area contributed by atoms with Gasteiger partial charge >= 0.3 is 0 Å². The lowest BCUT2D eigenvalue weighted by Crippen LogP contribution is -2.28. The predicted molar refractivity (Wildman–Crippen MR) is 82.8 cm³/mol. The summed E-state index contributed by atoms with van der Waals surface area (Å²) in [6.45, 7) is 1.22. The van der Waals surface area contributed by atoms with Crippen LogP contribution >= 0.6 is 0 Å². The van der Waals surface area contributed by atoms with Gasteiger partial charge in [-0.3, -0.25) is 0 Å². The van der Waals surface area contributed by atoms with Gasteiger partial charge in [0.25, 0.3) is 0 Å². The van der Waals surface area contributed by atoms with Crippen molar-refractivity contribution in [3.63, 3.8) is 0 Å². The minimum absolute atomic E-state index is 0.315. The fourth-order valence-electron chi connectivity index (χ4n) is 3.28. The maximum atomic E-state index is 9.49. The van der Waals surface area contributed by atoms with Gasteiger partial charge < -0.3 is 10.4 Å². The third-order valence-electron chi connectivity index (χ3n) is 4.51. The van der Waals surface area contributed by atoms with Gasteiger partial charge in [0.2, 0.25) is 0 Å². The summed E-state index contributed by atoms with van der Waals surface area (Å²) in [6.07, 6.45) is 6.77. The Hall–Kier alpha value is -1.61. The number of benzene rings is 1. The Kier molecular flexibility index (Phi) is 4.16. The SMILES string of the molecule is OCC1CCCCC1CNc1nccc2ccccc12. The largest absolute Gasteiger partial charge is 0.396 e. The van der Waals surface area contributed by atoms with Crippen molar-refractivity contribution in [3.05, 3.63) is 36.5 Å². The van der Waals surface area contributed by atoms with E-state index in [1.165, 1.54) is 30.0 Å². The van der Waals surface area contributed by atoms with Gasteiger partial charge in [-0.05, 0) is 36.1 Å². The van der Waals surface area contributed by atoms with Gasteiger partial charge in [0, 0.05) is 24.7 Å². The molecule has 1 fully saturated rings. The third kappa shape index (κ3) is 2.78. The normalized spacial score (nSPS) is 22.9. The molecule has 20 heavy (non-hydrogen) atoms. The molecule has 0 radical (unpaired) electrons. The molecule has 1 aromatic heterocycles. The lowest BCUT2D eigenvalue weighted by Gasteiger charge is -2.30. The standard InChI is InChI=1S/C17H22N2O/c20-12-15-7-2-1-6-14(15)11-19-17-16-8-4-3-5-13(16)9-10-18-17/h3-5,8-10,14-15,20H,1-2,6-7,11-12H2,(H,18,19). The molecule has 3 rings (SSSR count). The van der Waals surface area contributed by atoms with Crippen LogP contribution in [0, 0.1) is 11.8 Å². The topological polar surface area (TPSA) is 45.1 Å². The monoisotopic (exact) mass is 270 g/mol. The first-order valence-corrected chi connectivity index (χ1v) is 7.57. The molecule has 1 aliphatic carbocycles. The number of hydrogen-bond acceptors (Lipinski definition) is 3. The molecular formula is C17H22N2O. The zero-order valence-corrected chi connectivity index (χ0v) is 11.8. The van der Waals surface area contributed by atoms with E-state index in [2.05, 4.69) is 28.5 Å². The number of rotatable bonds is 4. The highest BCUT2D eigenvalue weighted by Gasteiger charge is 2.24. The Morgan fingerprint density at radius 1 is 1.10 bits per heavy atom. The van der Waals surface area contributed by atoms with Crippen molar-refractivity contribution < 1.29 is 5.11 Å². The van der Waals surface area contributed by atoms with E-state index in [0.717, 1.165) is 18.8 Å². The van der Waals surface area contributed by atoms with Gasteiger partial charge in [-0.2, -0.15) is 0 Å². The molecule has 0 aliphatic heterocycles. The summed E-state index contributed by atoms with van der Waals surface area (Å²) in [5, 5.41) is 15.4. The molecule has 0 spiro atoms. The average molecular weight is 270 g/mol. The lowest BCUT2D eigenvalue weighted by atomic mass is 9.79. The van der Waals surface area contributed by atoms with E-state index in [-0.39, 0.29) is 0 Å². The molecule has 0 saturated heterocycles. The van der Waals surface area contributed by atoms with Crippen LogP contribution in [0.15, 0.2) is 36.5 Å². The number of pyridine rings is 1. The minimum atomic E-state index is 0.315. The zero-order valence-electron chi connectivity index (χ0n) is 11.8. The molecule has 0 bridgehead atoms. The van der Waals surface area contributed by atoms with Gasteiger partial charge in [0.15, 0.2) is 0 Å². The third-order valence-corrected chi connectivity index (χ3v) is 4.51. The highest BCUT2D eigenvalue weighted by atomic mass is 16.3. The molecule has 0 amide bonds. The molecule has 1 heterocycles. The summed E-state index contributed by atoms with van der Waals surface area (Å²) < 4.78 is 0. The number of nitrogens with zero attached hydrogens (tertiary/aromatic N) is 1. The van der Waals surface area contributed by atoms with E-state index in [0.29, 0.717) is 18.4 Å². The van der Waals surface area contributed by atoms with Crippen LogP contribution in [0.2, 0.25) is 0 Å². The van der Waals surface area contributed by atoms with Gasteiger partial charge in [-0.15, -0.1) is 0 Å². The second-order valence-electron chi connectivity index (χ2n) is 5.75. The number of nitrogens with one attached hydrogen (secondary N) is 1. The van der Waals surface area contributed by atoms with Crippen LogP contribution in [0.3, 0.4) is 0 Å². The first-order chi connectivity index (χ1) is 9.88. The number of aliphatic hydroxyl groups is 1. The Labute approximate surface area is 120 Å². The fourth-order valence-corrected chi connectivity index (χ4v) is 3.28. The fraction of sp³-hybridized carbons (Fsp3) is 0.471. The van der Waals surface area contributed by atoms with Crippen molar-refractivity contribution in [1.82, 2.24) is 4.98 Å². The molecular weight excluding hydrogens is 248 g/mol. The number of hydrogen-bond donors (Lipinski definition) is 2. The van der Waals surface area contributed by atoms with E-state index >= 15 is 0 Å². The first-order valence-electron chi connectivity index (χ1n) is 7.57. The Morgan fingerprint density at radius 3 is 2.75 bits per heavy atom. The molecule has 3 heteroatoms. The van der Waals surface area contributed by atoms with Crippen LogP contribution in [-0.4, -0.2) is 23.2 Å². The molecule has 2 atom stereocenters. The van der Waals surface area contributed by atoms with Crippen molar-refractivity contribution in [1.29, 1.82) is 0 Å². The molecule has 2 N–H and O–H groups in total. The van der Waals surface area contributed by atoms with Gasteiger partial charge in [0.1, 0.15) is 5.82 Å². The molecule has 2 unspecified atom stereocenters. The van der Waals surface area contributed by atoms with Crippen molar-refractivity contribution in [2.75, 3.05) is 18.5 Å². The molecule has 3 nitrogen and oxygen atoms in total. The maximum absolute atomic E-state index is 9.49. The van der Waals surface area contributed by atoms with Crippen molar-refractivity contribution in [2.45, 2.75) is 25.7 Å². The summed E-state index contributed by atoms with van der Waals surface area (Å²) in [6, 6.07) is 10.4. The number of anilines is 1. The molecule has 1 saturated carbocycles. The molecule has 106 valence electrons. The Balaban J connectivity index is 1.73. The van der Waals surface area contributed by atoms with Crippen molar-refractivity contribution in [3.8, 4) is 0 Å². The molecule has 2 aromatic rings. The van der Waals surface area contributed by atoms with E-state index in [9.17, 15) is 5.11 Å². The van der Waals surface area contributed by atoms with Crippen LogP contribution in [0.25, 0.3) is 10.8 Å². The number of aromatic nitrogens is 1. The molecule has 1 aromatic carbocycles. The van der Waals surface area contributed by atoms with Crippen LogP contribution in [0.1, 0.15) is 25.7 Å². The summed E-state index contributed by atoms with van der Waals surface area (Å²) in [4.78, 5) is 4.47. The van der Waals surface area contributed by atoms with Crippen molar-refractivity contribution in [2.24, 2.45) is 11.8 Å². The minimum Gasteiger partial charge on any atom is -0.396 e. The second kappa shape index (κ2) is 6.23. The van der Waals surface area contributed by atoms with Gasteiger partial charge in [-0.1, -0.05) is 37.1 Å². The van der Waals surface area contributed by atoms with Crippen molar-refractivity contribution >= 4 is 16.6 Å². The van der Waals surface area contributed by atoms with Crippen LogP contribution in [-0.2, 0) is 0 Å². The molecule has 1 aliphatic rings. The van der Waals surface area contributed by atoms with E-state index in [1.54, 1.807) is 0 Å². The summed E-state index contributed by atoms with van der Waals surface area (Å²) >= 11 is 0. The second-order valence-corrected chi connectivity index (χ2v) is 5.75. The summed E-state index contributed by atoms with van der Waals surface area (Å²) in [5.74, 6) is 1.98. The van der Waals surface area contributed by atoms with Crippen LogP contribution in [0.5, 0.6) is 0 Å². The van der Waals surface area contributed by atoms with Crippen LogP contribution in [0.4, 0.5) is 5.82 Å². The zero-order chi connectivity index (χ0) is 13.8. The van der Waals surface area contributed by atoms with E-state index < -0.39 is 0 Å². The van der Waals surface area contributed by atoms with Gasteiger partial charge in [0.05, 0.1) is 0 Å². The smallest absolute Gasteiger partial charge is 0.133 e. The maximum Gasteiger partial charge on any atom is 0.133 e. The quantitative estimate of drug-likeness (QED) is 0.894. The first kappa shape index (κ1) is 13.4. The van der Waals surface area contributed by atoms with E-state index in [1.807, 2.05) is 18.3 Å². The lowest BCUT2D eigenvalue weighted by molar-refractivity contribution is 0.141.